The zero-order valence-corrected chi connectivity index (χ0v) is 7.98. The fraction of sp³-hybridized carbons (Fsp3) is 1.00. The van der Waals surface area contributed by atoms with E-state index in [1.54, 1.807) is 0 Å². The lowest BCUT2D eigenvalue weighted by molar-refractivity contribution is -0.117. The molecule has 72 valence electrons. The molecular formula is C9H17F2N. The van der Waals surface area contributed by atoms with Gasteiger partial charge in [-0.2, -0.15) is 0 Å². The number of hydrogen-bond donors (Lipinski definition) is 0. The Hall–Kier alpha value is -0.180. The molecule has 0 radical (unpaired) electrons. The Bertz CT molecular complexity index is 157. The van der Waals surface area contributed by atoms with Crippen molar-refractivity contribution in [2.45, 2.75) is 26.2 Å². The second-order valence-electron chi connectivity index (χ2n) is 4.12. The Morgan fingerprint density at radius 1 is 1.42 bits per heavy atom. The molecule has 0 bridgehead atoms. The average Bonchev–Trinajstić information content (AvgIpc) is 1.94. The van der Waals surface area contributed by atoms with Crippen molar-refractivity contribution in [3.8, 4) is 0 Å². The molecule has 0 saturated carbocycles. The van der Waals surface area contributed by atoms with Crippen LogP contribution in [0.25, 0.3) is 0 Å². The topological polar surface area (TPSA) is 3.24 Å². The van der Waals surface area contributed by atoms with Gasteiger partial charge in [0.1, 0.15) is 0 Å². The molecule has 12 heavy (non-hydrogen) atoms. The molecule has 1 heterocycles. The normalized spacial score (nSPS) is 31.0. The molecule has 0 spiro atoms. The maximum absolute atomic E-state index is 13.3. The van der Waals surface area contributed by atoms with Crippen LogP contribution in [0.15, 0.2) is 0 Å². The maximum Gasteiger partial charge on any atom is 0.253 e. The highest BCUT2D eigenvalue weighted by Gasteiger charge is 2.44. The summed E-state index contributed by atoms with van der Waals surface area (Å²) >= 11 is 0. The summed E-state index contributed by atoms with van der Waals surface area (Å²) in [4.78, 5) is 1.99. The quantitative estimate of drug-likeness (QED) is 0.593. The Morgan fingerprint density at radius 3 is 2.42 bits per heavy atom. The van der Waals surface area contributed by atoms with Crippen LogP contribution in [0.3, 0.4) is 0 Å². The van der Waals surface area contributed by atoms with E-state index in [9.17, 15) is 8.78 Å². The zero-order valence-electron chi connectivity index (χ0n) is 7.98. The van der Waals surface area contributed by atoms with Gasteiger partial charge < -0.3 is 4.90 Å². The molecule has 0 amide bonds. The highest BCUT2D eigenvalue weighted by atomic mass is 19.3. The highest BCUT2D eigenvalue weighted by Crippen LogP contribution is 2.37. The maximum atomic E-state index is 13.3. The van der Waals surface area contributed by atoms with Gasteiger partial charge in [-0.1, -0.05) is 13.8 Å². The third kappa shape index (κ3) is 1.94. The molecular weight excluding hydrogens is 160 g/mol. The Balaban J connectivity index is 2.65. The van der Waals surface area contributed by atoms with E-state index in [0.717, 1.165) is 0 Å². The van der Waals surface area contributed by atoms with E-state index >= 15 is 0 Å². The molecule has 1 aliphatic rings. The van der Waals surface area contributed by atoms with Gasteiger partial charge in [0.2, 0.25) is 0 Å². The lowest BCUT2D eigenvalue weighted by atomic mass is 9.85. The van der Waals surface area contributed by atoms with Crippen molar-refractivity contribution in [3.05, 3.63) is 0 Å². The van der Waals surface area contributed by atoms with Crippen LogP contribution in [0.4, 0.5) is 8.78 Å². The molecule has 0 aromatic rings. The summed E-state index contributed by atoms with van der Waals surface area (Å²) < 4.78 is 26.5. The smallest absolute Gasteiger partial charge is 0.253 e. The molecule has 0 aliphatic carbocycles. The average molecular weight is 177 g/mol. The van der Waals surface area contributed by atoms with Gasteiger partial charge in [0, 0.05) is 25.4 Å². The van der Waals surface area contributed by atoms with E-state index in [4.69, 9.17) is 0 Å². The molecule has 1 saturated heterocycles. The van der Waals surface area contributed by atoms with E-state index in [1.165, 1.54) is 0 Å². The third-order valence-electron chi connectivity index (χ3n) is 2.68. The van der Waals surface area contributed by atoms with Gasteiger partial charge in [-0.3, -0.25) is 0 Å². The van der Waals surface area contributed by atoms with Crippen LogP contribution in [0.1, 0.15) is 20.3 Å². The standard InChI is InChI=1S/C9H17F2N/c1-7(2)8-6-12(3)5-4-9(8,10)11/h7-8H,4-6H2,1-3H3. The molecule has 0 aromatic carbocycles. The van der Waals surface area contributed by atoms with Crippen LogP contribution >= 0.6 is 0 Å². The minimum absolute atomic E-state index is 0.0202. The molecule has 1 atom stereocenters. The summed E-state index contributed by atoms with van der Waals surface area (Å²) in [6.45, 7) is 4.80. The molecule has 1 nitrogen and oxygen atoms in total. The number of alkyl halides is 2. The molecule has 1 fully saturated rings. The van der Waals surface area contributed by atoms with Gasteiger partial charge in [-0.25, -0.2) is 8.78 Å². The summed E-state index contributed by atoms with van der Waals surface area (Å²) in [5.74, 6) is -2.83. The first-order chi connectivity index (χ1) is 5.43. The minimum atomic E-state index is -2.44. The largest absolute Gasteiger partial charge is 0.306 e. The van der Waals surface area contributed by atoms with Crippen LogP contribution in [0.2, 0.25) is 0 Å². The lowest BCUT2D eigenvalue weighted by Crippen LogP contribution is -2.47. The molecule has 0 aromatic heterocycles. The van der Waals surface area contributed by atoms with E-state index in [0.29, 0.717) is 13.1 Å². The van der Waals surface area contributed by atoms with Crippen LogP contribution in [-0.4, -0.2) is 31.0 Å². The molecule has 1 unspecified atom stereocenters. The first-order valence-corrected chi connectivity index (χ1v) is 4.50. The van der Waals surface area contributed by atoms with Crippen molar-refractivity contribution in [1.82, 2.24) is 4.90 Å². The van der Waals surface area contributed by atoms with E-state index in [2.05, 4.69) is 0 Å². The summed E-state index contributed by atoms with van der Waals surface area (Å²) in [5.41, 5.74) is 0. The van der Waals surface area contributed by atoms with Crippen molar-refractivity contribution >= 4 is 0 Å². The first kappa shape index (κ1) is 9.90. The Kier molecular flexibility index (Phi) is 2.71. The van der Waals surface area contributed by atoms with Crippen molar-refractivity contribution in [1.29, 1.82) is 0 Å². The Morgan fingerprint density at radius 2 is 2.00 bits per heavy atom. The minimum Gasteiger partial charge on any atom is -0.306 e. The van der Waals surface area contributed by atoms with Crippen LogP contribution in [-0.2, 0) is 0 Å². The molecule has 1 aliphatic heterocycles. The van der Waals surface area contributed by atoms with Crippen LogP contribution in [0, 0.1) is 11.8 Å². The molecule has 1 rings (SSSR count). The van der Waals surface area contributed by atoms with Crippen molar-refractivity contribution in [3.63, 3.8) is 0 Å². The fourth-order valence-electron chi connectivity index (χ4n) is 1.78. The van der Waals surface area contributed by atoms with E-state index < -0.39 is 11.8 Å². The predicted octanol–water partition coefficient (Wildman–Crippen LogP) is 2.23. The van der Waals surface area contributed by atoms with Crippen molar-refractivity contribution < 1.29 is 8.78 Å². The molecule has 3 heteroatoms. The predicted molar refractivity (Wildman–Crippen MR) is 45.4 cm³/mol. The third-order valence-corrected chi connectivity index (χ3v) is 2.68. The zero-order chi connectivity index (χ0) is 9.35. The number of piperidine rings is 1. The van der Waals surface area contributed by atoms with Crippen LogP contribution < -0.4 is 0 Å². The second kappa shape index (κ2) is 3.29. The number of hydrogen-bond acceptors (Lipinski definition) is 1. The summed E-state index contributed by atoms with van der Waals surface area (Å²) in [5, 5.41) is 0. The number of rotatable bonds is 1. The first-order valence-electron chi connectivity index (χ1n) is 4.50. The SMILES string of the molecule is CC(C)C1CN(C)CCC1(F)F. The Labute approximate surface area is 72.7 Å². The number of nitrogens with zero attached hydrogens (tertiary/aromatic N) is 1. The van der Waals surface area contributed by atoms with Gasteiger partial charge in [0.25, 0.3) is 5.92 Å². The lowest BCUT2D eigenvalue weighted by Gasteiger charge is -2.38. The van der Waals surface area contributed by atoms with Crippen molar-refractivity contribution in [2.24, 2.45) is 11.8 Å². The second-order valence-corrected chi connectivity index (χ2v) is 4.12. The van der Waals surface area contributed by atoms with Gasteiger partial charge >= 0.3 is 0 Å². The summed E-state index contributed by atoms with van der Waals surface area (Å²) in [6, 6.07) is 0. The summed E-state index contributed by atoms with van der Waals surface area (Å²) in [7, 11) is 1.91. The monoisotopic (exact) mass is 177 g/mol. The number of likely N-dealkylation sites (tertiary alicyclic amines) is 1. The van der Waals surface area contributed by atoms with E-state index in [-0.39, 0.29) is 12.3 Å². The van der Waals surface area contributed by atoms with Gasteiger partial charge in [-0.15, -0.1) is 0 Å². The number of halogens is 2. The van der Waals surface area contributed by atoms with Gasteiger partial charge in [0.05, 0.1) is 0 Å². The van der Waals surface area contributed by atoms with Gasteiger partial charge in [-0.05, 0) is 13.0 Å². The highest BCUT2D eigenvalue weighted by molar-refractivity contribution is 4.86. The van der Waals surface area contributed by atoms with Crippen LogP contribution in [0.5, 0.6) is 0 Å². The van der Waals surface area contributed by atoms with Crippen molar-refractivity contribution in [2.75, 3.05) is 20.1 Å². The molecule has 0 N–H and O–H groups in total. The van der Waals surface area contributed by atoms with E-state index in [1.807, 2.05) is 25.8 Å². The van der Waals surface area contributed by atoms with Gasteiger partial charge in [0.15, 0.2) is 0 Å². The fourth-order valence-corrected chi connectivity index (χ4v) is 1.78. The summed E-state index contributed by atoms with van der Waals surface area (Å²) in [6.07, 6.45) is 0.0202.